The Hall–Kier alpha value is -1.09. The van der Waals surface area contributed by atoms with Crippen molar-refractivity contribution in [2.75, 3.05) is 21.3 Å². The SMILES string of the molecule is COc1ccc(C(Cl)CCC(C)C)c(OC)c1OC. The molecule has 0 spiro atoms. The summed E-state index contributed by atoms with van der Waals surface area (Å²) >= 11 is 6.48. The lowest BCUT2D eigenvalue weighted by Gasteiger charge is -2.19. The molecule has 0 aliphatic heterocycles. The number of halogens is 1. The van der Waals surface area contributed by atoms with Crippen LogP contribution in [-0.2, 0) is 0 Å². The maximum absolute atomic E-state index is 6.48. The summed E-state index contributed by atoms with van der Waals surface area (Å²) in [6.45, 7) is 4.38. The average molecular weight is 287 g/mol. The summed E-state index contributed by atoms with van der Waals surface area (Å²) in [5, 5.41) is -0.0860. The zero-order valence-corrected chi connectivity index (χ0v) is 13.1. The molecular formula is C15H23ClO3. The fraction of sp³-hybridized carbons (Fsp3) is 0.600. The number of ether oxygens (including phenoxy) is 3. The lowest BCUT2D eigenvalue weighted by Crippen LogP contribution is -2.01. The second-order valence-electron chi connectivity index (χ2n) is 4.86. The van der Waals surface area contributed by atoms with Crippen LogP contribution >= 0.6 is 11.6 Å². The van der Waals surface area contributed by atoms with E-state index in [1.165, 1.54) is 0 Å². The summed E-state index contributed by atoms with van der Waals surface area (Å²) in [5.74, 6) is 2.53. The van der Waals surface area contributed by atoms with Crippen LogP contribution in [0.25, 0.3) is 0 Å². The first-order valence-corrected chi connectivity index (χ1v) is 6.91. The Kier molecular flexibility index (Phi) is 6.29. The zero-order chi connectivity index (χ0) is 14.4. The minimum absolute atomic E-state index is 0.0860. The van der Waals surface area contributed by atoms with Crippen molar-refractivity contribution < 1.29 is 14.2 Å². The van der Waals surface area contributed by atoms with E-state index in [9.17, 15) is 0 Å². The molecule has 0 amide bonds. The van der Waals surface area contributed by atoms with Gasteiger partial charge in [0.2, 0.25) is 5.75 Å². The van der Waals surface area contributed by atoms with Gasteiger partial charge in [0.15, 0.2) is 11.5 Å². The van der Waals surface area contributed by atoms with Gasteiger partial charge in [-0.15, -0.1) is 11.6 Å². The van der Waals surface area contributed by atoms with Crippen LogP contribution in [0.1, 0.15) is 37.6 Å². The van der Waals surface area contributed by atoms with E-state index in [0.29, 0.717) is 23.2 Å². The summed E-state index contributed by atoms with van der Waals surface area (Å²) in [6, 6.07) is 3.81. The predicted octanol–water partition coefficient (Wildman–Crippen LogP) is 4.43. The van der Waals surface area contributed by atoms with E-state index in [-0.39, 0.29) is 5.38 Å². The Balaban J connectivity index is 3.06. The van der Waals surface area contributed by atoms with Gasteiger partial charge in [0.25, 0.3) is 0 Å². The van der Waals surface area contributed by atoms with E-state index in [4.69, 9.17) is 25.8 Å². The zero-order valence-electron chi connectivity index (χ0n) is 12.3. The van der Waals surface area contributed by atoms with Gasteiger partial charge in [0.1, 0.15) is 0 Å². The Labute approximate surface area is 120 Å². The maximum Gasteiger partial charge on any atom is 0.203 e. The highest BCUT2D eigenvalue weighted by atomic mass is 35.5. The Morgan fingerprint density at radius 2 is 1.58 bits per heavy atom. The van der Waals surface area contributed by atoms with Gasteiger partial charge in [-0.05, 0) is 30.9 Å². The van der Waals surface area contributed by atoms with Crippen LogP contribution < -0.4 is 14.2 Å². The fourth-order valence-electron chi connectivity index (χ4n) is 2.01. The monoisotopic (exact) mass is 286 g/mol. The van der Waals surface area contributed by atoms with Gasteiger partial charge in [-0.25, -0.2) is 0 Å². The third-order valence-corrected chi connectivity index (χ3v) is 3.52. The number of benzene rings is 1. The smallest absolute Gasteiger partial charge is 0.203 e. The molecule has 4 heteroatoms. The van der Waals surface area contributed by atoms with Gasteiger partial charge in [-0.2, -0.15) is 0 Å². The second-order valence-corrected chi connectivity index (χ2v) is 5.39. The molecule has 19 heavy (non-hydrogen) atoms. The molecule has 1 unspecified atom stereocenters. The van der Waals surface area contributed by atoms with E-state index in [0.717, 1.165) is 18.4 Å². The minimum atomic E-state index is -0.0860. The summed E-state index contributed by atoms with van der Waals surface area (Å²) in [7, 11) is 4.82. The van der Waals surface area contributed by atoms with Gasteiger partial charge >= 0.3 is 0 Å². The molecule has 0 heterocycles. The van der Waals surface area contributed by atoms with Crippen LogP contribution in [0.5, 0.6) is 17.2 Å². The van der Waals surface area contributed by atoms with Gasteiger partial charge in [0.05, 0.1) is 26.7 Å². The molecule has 3 nitrogen and oxygen atoms in total. The standard InChI is InChI=1S/C15H23ClO3/c1-10(2)6-8-12(16)11-7-9-13(17-3)15(19-5)14(11)18-4/h7,9-10,12H,6,8H2,1-5H3. The van der Waals surface area contributed by atoms with Crippen LogP contribution in [0.15, 0.2) is 12.1 Å². The Bertz CT molecular complexity index is 405. The molecule has 0 saturated carbocycles. The highest BCUT2D eigenvalue weighted by molar-refractivity contribution is 6.21. The summed E-state index contributed by atoms with van der Waals surface area (Å²) in [6.07, 6.45) is 1.98. The number of methoxy groups -OCH3 is 3. The largest absolute Gasteiger partial charge is 0.493 e. The molecular weight excluding hydrogens is 264 g/mol. The lowest BCUT2D eigenvalue weighted by atomic mass is 10.0. The molecule has 0 aliphatic carbocycles. The van der Waals surface area contributed by atoms with E-state index >= 15 is 0 Å². The minimum Gasteiger partial charge on any atom is -0.493 e. The number of hydrogen-bond donors (Lipinski definition) is 0. The number of hydrogen-bond acceptors (Lipinski definition) is 3. The van der Waals surface area contributed by atoms with Gasteiger partial charge in [0, 0.05) is 5.56 Å². The van der Waals surface area contributed by atoms with E-state index in [1.54, 1.807) is 21.3 Å². The van der Waals surface area contributed by atoms with Gasteiger partial charge in [-0.3, -0.25) is 0 Å². The van der Waals surface area contributed by atoms with Crippen molar-refractivity contribution in [2.45, 2.75) is 32.1 Å². The third kappa shape index (κ3) is 3.93. The number of alkyl halides is 1. The molecule has 0 saturated heterocycles. The predicted molar refractivity (Wildman–Crippen MR) is 78.8 cm³/mol. The summed E-state index contributed by atoms with van der Waals surface area (Å²) in [4.78, 5) is 0. The van der Waals surface area contributed by atoms with Crippen LogP contribution in [0.3, 0.4) is 0 Å². The van der Waals surface area contributed by atoms with Crippen molar-refractivity contribution >= 4 is 11.6 Å². The first kappa shape index (κ1) is 16.0. The summed E-state index contributed by atoms with van der Waals surface area (Å²) in [5.41, 5.74) is 0.947. The van der Waals surface area contributed by atoms with Crippen LogP contribution in [0, 0.1) is 5.92 Å². The summed E-state index contributed by atoms with van der Waals surface area (Å²) < 4.78 is 16.1. The maximum atomic E-state index is 6.48. The van der Waals surface area contributed by atoms with Crippen LogP contribution in [-0.4, -0.2) is 21.3 Å². The van der Waals surface area contributed by atoms with Crippen LogP contribution in [0.4, 0.5) is 0 Å². The molecule has 1 aromatic rings. The molecule has 108 valence electrons. The van der Waals surface area contributed by atoms with E-state index < -0.39 is 0 Å². The topological polar surface area (TPSA) is 27.7 Å². The van der Waals surface area contributed by atoms with E-state index in [1.807, 2.05) is 12.1 Å². The molecule has 0 N–H and O–H groups in total. The van der Waals surface area contributed by atoms with Crippen molar-refractivity contribution in [1.82, 2.24) is 0 Å². The van der Waals surface area contributed by atoms with Gasteiger partial charge < -0.3 is 14.2 Å². The molecule has 0 aromatic heterocycles. The molecule has 1 aromatic carbocycles. The van der Waals surface area contributed by atoms with E-state index in [2.05, 4.69) is 13.8 Å². The highest BCUT2D eigenvalue weighted by Crippen LogP contribution is 2.44. The fourth-order valence-corrected chi connectivity index (χ4v) is 2.30. The average Bonchev–Trinajstić information content (AvgIpc) is 2.42. The van der Waals surface area contributed by atoms with Crippen molar-refractivity contribution in [2.24, 2.45) is 5.92 Å². The normalized spacial score (nSPS) is 12.4. The lowest BCUT2D eigenvalue weighted by molar-refractivity contribution is 0.321. The van der Waals surface area contributed by atoms with Crippen molar-refractivity contribution in [3.8, 4) is 17.2 Å². The Morgan fingerprint density at radius 3 is 2.05 bits per heavy atom. The van der Waals surface area contributed by atoms with Crippen molar-refractivity contribution in [3.05, 3.63) is 17.7 Å². The molecule has 0 aliphatic rings. The number of rotatable bonds is 7. The Morgan fingerprint density at radius 1 is 0.947 bits per heavy atom. The quantitative estimate of drug-likeness (QED) is 0.694. The molecule has 0 radical (unpaired) electrons. The molecule has 1 rings (SSSR count). The third-order valence-electron chi connectivity index (χ3n) is 3.07. The first-order chi connectivity index (χ1) is 9.04. The highest BCUT2D eigenvalue weighted by Gasteiger charge is 2.20. The molecule has 0 bridgehead atoms. The molecule has 1 atom stereocenters. The molecule has 0 fully saturated rings. The first-order valence-electron chi connectivity index (χ1n) is 6.48. The van der Waals surface area contributed by atoms with Crippen LogP contribution in [0.2, 0.25) is 0 Å². The van der Waals surface area contributed by atoms with Crippen molar-refractivity contribution in [3.63, 3.8) is 0 Å². The second kappa shape index (κ2) is 7.49. The van der Waals surface area contributed by atoms with Gasteiger partial charge in [-0.1, -0.05) is 13.8 Å². The van der Waals surface area contributed by atoms with Crippen molar-refractivity contribution in [1.29, 1.82) is 0 Å².